The minimum Gasteiger partial charge on any atom is -0.370 e. The normalized spacial score (nSPS) is 13.8. The van der Waals surface area contributed by atoms with Gasteiger partial charge in [-0.3, -0.25) is 10.1 Å². The van der Waals surface area contributed by atoms with Crippen LogP contribution in [0.15, 0.2) is 4.99 Å². The third-order valence-corrected chi connectivity index (χ3v) is 4.91. The van der Waals surface area contributed by atoms with Gasteiger partial charge in [0.1, 0.15) is 5.54 Å². The number of guanidine groups is 1. The fourth-order valence-corrected chi connectivity index (χ4v) is 2.57. The number of aliphatic imine (C=N–C) groups is 1. The summed E-state index contributed by atoms with van der Waals surface area (Å²) in [5, 5.41) is 13.7. The van der Waals surface area contributed by atoms with Gasteiger partial charge < -0.3 is 22.2 Å². The van der Waals surface area contributed by atoms with E-state index in [2.05, 4.69) is 36.4 Å². The zero-order chi connectivity index (χ0) is 19.5. The monoisotopic (exact) mass is 354 g/mol. The molecule has 0 aliphatic heterocycles. The molecule has 1 unspecified atom stereocenters. The van der Waals surface area contributed by atoms with E-state index >= 15 is 0 Å². The molecule has 0 saturated carbocycles. The first kappa shape index (κ1) is 23.4. The molecule has 0 fully saturated rings. The molecule has 7 N–H and O–H groups in total. The summed E-state index contributed by atoms with van der Waals surface area (Å²) in [5.74, 6) is -0.251. The number of amides is 1. The molecule has 0 bridgehead atoms. The summed E-state index contributed by atoms with van der Waals surface area (Å²) in [6.07, 6.45) is 6.06. The maximum absolute atomic E-state index is 12.6. The number of rotatable bonds is 13. The summed E-state index contributed by atoms with van der Waals surface area (Å²) in [4.78, 5) is 16.8. The molecule has 0 radical (unpaired) electrons. The van der Waals surface area contributed by atoms with Gasteiger partial charge in [0.05, 0.1) is 6.67 Å². The van der Waals surface area contributed by atoms with Gasteiger partial charge in [-0.25, -0.2) is 4.99 Å². The van der Waals surface area contributed by atoms with Crippen molar-refractivity contribution in [1.82, 2.24) is 10.6 Å². The Kier molecular flexibility index (Phi) is 10.4. The first-order valence-electron chi connectivity index (χ1n) is 9.26. The van der Waals surface area contributed by atoms with Crippen LogP contribution >= 0.6 is 0 Å². The van der Waals surface area contributed by atoms with Crippen LogP contribution in [-0.2, 0) is 4.79 Å². The van der Waals surface area contributed by atoms with Crippen molar-refractivity contribution in [1.29, 1.82) is 5.41 Å². The summed E-state index contributed by atoms with van der Waals surface area (Å²) >= 11 is 0. The van der Waals surface area contributed by atoms with E-state index in [1.165, 1.54) is 0 Å². The number of nitrogens with two attached hydrogens (primary N) is 2. The van der Waals surface area contributed by atoms with Gasteiger partial charge in [0.2, 0.25) is 5.91 Å². The highest BCUT2D eigenvalue weighted by atomic mass is 16.2. The zero-order valence-corrected chi connectivity index (χ0v) is 16.7. The molecule has 0 aliphatic rings. The zero-order valence-electron chi connectivity index (χ0n) is 16.7. The lowest BCUT2D eigenvalue weighted by Gasteiger charge is -2.30. The summed E-state index contributed by atoms with van der Waals surface area (Å²) < 4.78 is 0. The standard InChI is InChI=1S/C18H38N6O/c1-6-17(4,7-2)23-13-22-15(25)18(5,24-16(20)21)12-10-8-9-11-14(3)19/h19,23H,6-13H2,1-5H3,(H,22,25)(H4,20,21,24). The maximum atomic E-state index is 12.6. The first-order valence-corrected chi connectivity index (χ1v) is 9.26. The minimum atomic E-state index is -0.963. The quantitative estimate of drug-likeness (QED) is 0.150. The average Bonchev–Trinajstić information content (AvgIpc) is 2.53. The van der Waals surface area contributed by atoms with Crippen molar-refractivity contribution in [2.45, 2.75) is 90.6 Å². The molecule has 0 aromatic heterocycles. The molecule has 146 valence electrons. The second-order valence-corrected chi connectivity index (χ2v) is 7.28. The molecule has 0 aromatic carbocycles. The number of carbonyl (C=O) groups excluding carboxylic acids is 1. The Bertz CT molecular complexity index is 454. The minimum absolute atomic E-state index is 0.00443. The van der Waals surface area contributed by atoms with E-state index in [0.29, 0.717) is 18.8 Å². The van der Waals surface area contributed by atoms with Crippen LogP contribution in [0.4, 0.5) is 0 Å². The van der Waals surface area contributed by atoms with E-state index in [1.54, 1.807) is 6.92 Å². The molecule has 1 amide bonds. The van der Waals surface area contributed by atoms with Crippen molar-refractivity contribution in [3.8, 4) is 0 Å². The topological polar surface area (TPSA) is 129 Å². The lowest BCUT2D eigenvalue weighted by atomic mass is 9.93. The third-order valence-electron chi connectivity index (χ3n) is 4.91. The van der Waals surface area contributed by atoms with Gasteiger partial charge in [-0.1, -0.05) is 26.7 Å². The summed E-state index contributed by atoms with van der Waals surface area (Å²) in [5.41, 5.74) is 10.8. The molecule has 7 nitrogen and oxygen atoms in total. The fraction of sp³-hybridized carbons (Fsp3) is 0.833. The molecule has 0 rings (SSSR count). The smallest absolute Gasteiger partial charge is 0.248 e. The van der Waals surface area contributed by atoms with E-state index in [0.717, 1.165) is 38.5 Å². The number of carbonyl (C=O) groups is 1. The Morgan fingerprint density at radius 3 is 2.20 bits per heavy atom. The van der Waals surface area contributed by atoms with Crippen molar-refractivity contribution >= 4 is 17.6 Å². The number of hydrogen-bond donors (Lipinski definition) is 5. The van der Waals surface area contributed by atoms with E-state index in [9.17, 15) is 4.79 Å². The van der Waals surface area contributed by atoms with Crippen LogP contribution in [0.1, 0.15) is 79.6 Å². The number of hydrogen-bond acceptors (Lipinski definition) is 4. The van der Waals surface area contributed by atoms with Crippen molar-refractivity contribution < 1.29 is 4.79 Å². The van der Waals surface area contributed by atoms with Crippen LogP contribution in [0.3, 0.4) is 0 Å². The lowest BCUT2D eigenvalue weighted by Crippen LogP contribution is -2.52. The van der Waals surface area contributed by atoms with Crippen LogP contribution in [0, 0.1) is 5.41 Å². The van der Waals surface area contributed by atoms with Crippen LogP contribution in [0.5, 0.6) is 0 Å². The van der Waals surface area contributed by atoms with Crippen LogP contribution in [0.25, 0.3) is 0 Å². The van der Waals surface area contributed by atoms with Crippen molar-refractivity contribution in [3.63, 3.8) is 0 Å². The van der Waals surface area contributed by atoms with Gasteiger partial charge in [-0.15, -0.1) is 0 Å². The highest BCUT2D eigenvalue weighted by Crippen LogP contribution is 2.20. The summed E-state index contributed by atoms with van der Waals surface area (Å²) in [6, 6.07) is 0. The molecule has 0 spiro atoms. The average molecular weight is 355 g/mol. The molecule has 0 heterocycles. The van der Waals surface area contributed by atoms with E-state index in [-0.39, 0.29) is 17.4 Å². The fourth-order valence-electron chi connectivity index (χ4n) is 2.57. The van der Waals surface area contributed by atoms with Gasteiger partial charge in [0.25, 0.3) is 0 Å². The molecule has 1 atom stereocenters. The largest absolute Gasteiger partial charge is 0.370 e. The predicted octanol–water partition coefficient (Wildman–Crippen LogP) is 2.25. The SMILES string of the molecule is CCC(C)(CC)NCNC(=O)C(C)(CCCCCC(C)=N)N=C(N)N. The Labute approximate surface area is 152 Å². The Morgan fingerprint density at radius 2 is 1.72 bits per heavy atom. The lowest BCUT2D eigenvalue weighted by molar-refractivity contribution is -0.126. The van der Waals surface area contributed by atoms with Crippen molar-refractivity contribution in [2.75, 3.05) is 6.67 Å². The molecule has 0 saturated heterocycles. The molecule has 25 heavy (non-hydrogen) atoms. The van der Waals surface area contributed by atoms with Crippen molar-refractivity contribution in [3.05, 3.63) is 0 Å². The molecular formula is C18H38N6O. The third kappa shape index (κ3) is 9.43. The second-order valence-electron chi connectivity index (χ2n) is 7.28. The number of nitrogens with one attached hydrogen (secondary N) is 3. The molecule has 0 aliphatic carbocycles. The summed E-state index contributed by atoms with van der Waals surface area (Å²) in [6.45, 7) is 10.3. The second kappa shape index (κ2) is 11.1. The van der Waals surface area contributed by atoms with Crippen molar-refractivity contribution in [2.24, 2.45) is 16.5 Å². The highest BCUT2D eigenvalue weighted by molar-refractivity contribution is 5.89. The van der Waals surface area contributed by atoms with Gasteiger partial charge in [-0.2, -0.15) is 0 Å². The van der Waals surface area contributed by atoms with Gasteiger partial charge >= 0.3 is 0 Å². The van der Waals surface area contributed by atoms with Crippen LogP contribution in [0.2, 0.25) is 0 Å². The molecular weight excluding hydrogens is 316 g/mol. The van der Waals surface area contributed by atoms with Crippen LogP contribution in [-0.4, -0.2) is 35.3 Å². The van der Waals surface area contributed by atoms with E-state index < -0.39 is 5.54 Å². The van der Waals surface area contributed by atoms with Gasteiger partial charge in [0, 0.05) is 11.3 Å². The molecule has 7 heteroatoms. The molecule has 0 aromatic rings. The Morgan fingerprint density at radius 1 is 1.12 bits per heavy atom. The maximum Gasteiger partial charge on any atom is 0.248 e. The van der Waals surface area contributed by atoms with Crippen LogP contribution < -0.4 is 22.1 Å². The Balaban J connectivity index is 4.64. The van der Waals surface area contributed by atoms with E-state index in [4.69, 9.17) is 16.9 Å². The highest BCUT2D eigenvalue weighted by Gasteiger charge is 2.32. The Hall–Kier alpha value is -1.63. The first-order chi connectivity index (χ1) is 11.6. The number of unbranched alkanes of at least 4 members (excludes halogenated alkanes) is 2. The van der Waals surface area contributed by atoms with E-state index in [1.807, 2.05) is 6.92 Å². The number of nitrogens with zero attached hydrogens (tertiary/aromatic N) is 1. The van der Waals surface area contributed by atoms with Gasteiger partial charge in [-0.05, 0) is 52.9 Å². The van der Waals surface area contributed by atoms with Gasteiger partial charge in [0.15, 0.2) is 5.96 Å². The summed E-state index contributed by atoms with van der Waals surface area (Å²) in [7, 11) is 0. The predicted molar refractivity (Wildman–Crippen MR) is 106 cm³/mol.